The number of fused-ring (bicyclic) bond motifs is 2. The molecule has 2 saturated heterocycles. The molecule has 10 heteroatoms. The summed E-state index contributed by atoms with van der Waals surface area (Å²) in [6.07, 6.45) is 4.79. The van der Waals surface area contributed by atoms with E-state index in [-0.39, 0.29) is 24.3 Å². The minimum Gasteiger partial charge on any atom is -0.444 e. The van der Waals surface area contributed by atoms with Gasteiger partial charge in [0.15, 0.2) is 0 Å². The normalized spacial score (nSPS) is 18.6. The average molecular weight is 649 g/mol. The molecule has 250 valence electrons. The highest BCUT2D eigenvalue weighted by molar-refractivity contribution is 5.92. The van der Waals surface area contributed by atoms with Crippen molar-refractivity contribution in [3.8, 4) is 22.4 Å². The van der Waals surface area contributed by atoms with Crippen LogP contribution >= 0.6 is 0 Å². The van der Waals surface area contributed by atoms with Gasteiger partial charge in [-0.05, 0) is 113 Å². The summed E-state index contributed by atoms with van der Waals surface area (Å²) in [7, 11) is 0. The van der Waals surface area contributed by atoms with E-state index in [4.69, 9.17) is 14.5 Å². The molecule has 2 fully saturated rings. The van der Waals surface area contributed by atoms with Gasteiger partial charge < -0.3 is 19.4 Å². The van der Waals surface area contributed by atoms with Gasteiger partial charge in [0, 0.05) is 18.7 Å². The molecule has 2 aliphatic rings. The number of H-pyrrole nitrogens is 2. The maximum Gasteiger partial charge on any atom is 0.410 e. The molecule has 2 amide bonds. The summed E-state index contributed by atoms with van der Waals surface area (Å²) in [5, 5.41) is 2.25. The summed E-state index contributed by atoms with van der Waals surface area (Å²) in [5.74, 6) is 1.58. The Kier molecular flexibility index (Phi) is 7.92. The molecule has 0 aliphatic carbocycles. The monoisotopic (exact) mass is 648 g/mol. The van der Waals surface area contributed by atoms with Crippen LogP contribution in [0.1, 0.15) is 91.0 Å². The van der Waals surface area contributed by atoms with Crippen LogP contribution in [0.2, 0.25) is 0 Å². The molecule has 2 aromatic heterocycles. The molecule has 2 aliphatic heterocycles. The number of rotatable bonds is 4. The minimum absolute atomic E-state index is 0.123. The number of benzene rings is 3. The Labute approximate surface area is 280 Å². The maximum absolute atomic E-state index is 12.9. The Balaban J connectivity index is 1.09. The van der Waals surface area contributed by atoms with Crippen molar-refractivity contribution in [3.05, 3.63) is 72.4 Å². The number of carbonyl (C=O) groups is 2. The van der Waals surface area contributed by atoms with Crippen LogP contribution < -0.4 is 0 Å². The quantitative estimate of drug-likeness (QED) is 0.201. The van der Waals surface area contributed by atoms with Crippen LogP contribution in [0.5, 0.6) is 0 Å². The number of nitrogens with one attached hydrogen (secondary N) is 2. The Bertz CT molecular complexity index is 2000. The first-order valence-electron chi connectivity index (χ1n) is 16.9. The zero-order chi connectivity index (χ0) is 33.8. The highest BCUT2D eigenvalue weighted by atomic mass is 16.6. The number of aromatic amines is 2. The zero-order valence-electron chi connectivity index (χ0n) is 28.6. The predicted octanol–water partition coefficient (Wildman–Crippen LogP) is 8.92. The van der Waals surface area contributed by atoms with E-state index in [2.05, 4.69) is 63.5 Å². The summed E-state index contributed by atoms with van der Waals surface area (Å²) in [5.41, 5.74) is 4.88. The first-order chi connectivity index (χ1) is 22.8. The molecule has 0 saturated carbocycles. The van der Waals surface area contributed by atoms with E-state index in [9.17, 15) is 9.59 Å². The number of aromatic nitrogens is 4. The van der Waals surface area contributed by atoms with Crippen LogP contribution in [-0.2, 0) is 9.47 Å². The number of ether oxygens (including phenoxy) is 2. The average Bonchev–Trinajstić information content (AvgIpc) is 3.84. The van der Waals surface area contributed by atoms with Crippen LogP contribution in [0.25, 0.3) is 44.2 Å². The molecular weight excluding hydrogens is 604 g/mol. The van der Waals surface area contributed by atoms with Crippen molar-refractivity contribution in [2.45, 2.75) is 90.5 Å². The van der Waals surface area contributed by atoms with Crippen molar-refractivity contribution in [2.75, 3.05) is 13.1 Å². The van der Waals surface area contributed by atoms with Crippen LogP contribution in [0.4, 0.5) is 9.59 Å². The second-order valence-corrected chi connectivity index (χ2v) is 15.0. The van der Waals surface area contributed by atoms with E-state index < -0.39 is 11.2 Å². The van der Waals surface area contributed by atoms with E-state index in [1.54, 1.807) is 9.80 Å². The number of hydrogen-bond donors (Lipinski definition) is 2. The molecule has 3 aromatic carbocycles. The lowest BCUT2D eigenvalue weighted by Gasteiger charge is -2.27. The molecule has 5 aromatic rings. The van der Waals surface area contributed by atoms with Crippen LogP contribution in [-0.4, -0.2) is 66.2 Å². The number of likely N-dealkylation sites (tertiary alicyclic amines) is 2. The standard InChI is InChI=1S/C38H44N6O4/c1-37(2,3)47-35(45)43-17-7-9-31(43)33-39-22-30(42-33)27-14-13-23-19-24(11-12-25(23)20-27)26-15-16-28-29(21-26)41-34(40-28)32-10-8-18-44(32)36(46)48-38(4,5)6/h11-16,19-22,31-32H,7-10,17-18H2,1-6H3,(H,39,42)(H,40,41)/t31-,32-/m0/s1. The third-order valence-electron chi connectivity index (χ3n) is 8.97. The van der Waals surface area contributed by atoms with Gasteiger partial charge in [0.05, 0.1) is 35.0 Å². The predicted molar refractivity (Wildman–Crippen MR) is 186 cm³/mol. The molecule has 0 spiro atoms. The zero-order valence-corrected chi connectivity index (χ0v) is 28.6. The lowest BCUT2D eigenvalue weighted by molar-refractivity contribution is 0.0208. The van der Waals surface area contributed by atoms with E-state index in [1.807, 2.05) is 53.8 Å². The van der Waals surface area contributed by atoms with Gasteiger partial charge in [-0.2, -0.15) is 0 Å². The van der Waals surface area contributed by atoms with Crippen LogP contribution in [0, 0.1) is 0 Å². The van der Waals surface area contributed by atoms with Gasteiger partial charge in [0.1, 0.15) is 22.9 Å². The number of carbonyl (C=O) groups excluding carboxylic acids is 2. The fraction of sp³-hybridized carbons (Fsp3) is 0.421. The fourth-order valence-electron chi connectivity index (χ4n) is 6.79. The van der Waals surface area contributed by atoms with Crippen molar-refractivity contribution < 1.29 is 19.1 Å². The topological polar surface area (TPSA) is 116 Å². The first kappa shape index (κ1) is 31.7. The number of hydrogen-bond acceptors (Lipinski definition) is 6. The van der Waals surface area contributed by atoms with Gasteiger partial charge in [0.2, 0.25) is 0 Å². The molecule has 0 radical (unpaired) electrons. The molecule has 2 N–H and O–H groups in total. The van der Waals surface area contributed by atoms with E-state index in [0.29, 0.717) is 13.1 Å². The Hall–Kier alpha value is -4.86. The lowest BCUT2D eigenvalue weighted by atomic mass is 9.99. The smallest absolute Gasteiger partial charge is 0.410 e. The molecular formula is C38H44N6O4. The molecule has 7 rings (SSSR count). The molecule has 10 nitrogen and oxygen atoms in total. The summed E-state index contributed by atoms with van der Waals surface area (Å²) in [6.45, 7) is 12.6. The number of nitrogens with zero attached hydrogens (tertiary/aromatic N) is 4. The van der Waals surface area contributed by atoms with Crippen LogP contribution in [0.3, 0.4) is 0 Å². The number of amides is 2. The van der Waals surface area contributed by atoms with Gasteiger partial charge in [-0.25, -0.2) is 19.6 Å². The van der Waals surface area contributed by atoms with Gasteiger partial charge in [-0.15, -0.1) is 0 Å². The molecule has 48 heavy (non-hydrogen) atoms. The summed E-state index contributed by atoms with van der Waals surface area (Å²) < 4.78 is 11.3. The van der Waals surface area contributed by atoms with Crippen molar-refractivity contribution in [1.82, 2.24) is 29.7 Å². The summed E-state index contributed by atoms with van der Waals surface area (Å²) in [4.78, 5) is 45.8. The Morgan fingerprint density at radius 1 is 0.708 bits per heavy atom. The first-order valence-corrected chi connectivity index (χ1v) is 16.9. The molecule has 2 atom stereocenters. The van der Waals surface area contributed by atoms with Gasteiger partial charge in [-0.1, -0.05) is 30.3 Å². The molecule has 0 unspecified atom stereocenters. The highest BCUT2D eigenvalue weighted by Gasteiger charge is 2.36. The van der Waals surface area contributed by atoms with Crippen molar-refractivity contribution in [1.29, 1.82) is 0 Å². The SMILES string of the molecule is CC(C)(C)OC(=O)N1CCC[C@H]1c1ncc(-c2ccc3cc(-c4ccc5nc([C@@H]6CCCN6C(=O)OC(C)(C)C)[nH]c5c4)ccc3c2)[nH]1. The van der Waals surface area contributed by atoms with Gasteiger partial charge in [-0.3, -0.25) is 9.80 Å². The highest BCUT2D eigenvalue weighted by Crippen LogP contribution is 2.36. The van der Waals surface area contributed by atoms with Gasteiger partial charge in [0.25, 0.3) is 0 Å². The second kappa shape index (κ2) is 12.0. The third-order valence-corrected chi connectivity index (χ3v) is 8.97. The minimum atomic E-state index is -0.542. The summed E-state index contributed by atoms with van der Waals surface area (Å²) in [6, 6.07) is 18.9. The van der Waals surface area contributed by atoms with Crippen molar-refractivity contribution >= 4 is 34.0 Å². The second-order valence-electron chi connectivity index (χ2n) is 15.0. The largest absolute Gasteiger partial charge is 0.444 e. The third kappa shape index (κ3) is 6.48. The van der Waals surface area contributed by atoms with E-state index in [1.165, 1.54) is 0 Å². The lowest BCUT2D eigenvalue weighted by Crippen LogP contribution is -2.36. The maximum atomic E-state index is 12.9. The van der Waals surface area contributed by atoms with Gasteiger partial charge >= 0.3 is 12.2 Å². The van der Waals surface area contributed by atoms with E-state index >= 15 is 0 Å². The van der Waals surface area contributed by atoms with E-state index in [0.717, 1.165) is 81.5 Å². The Morgan fingerprint density at radius 2 is 1.25 bits per heavy atom. The summed E-state index contributed by atoms with van der Waals surface area (Å²) >= 11 is 0. The number of imidazole rings is 2. The fourth-order valence-corrected chi connectivity index (χ4v) is 6.79. The van der Waals surface area contributed by atoms with Crippen LogP contribution in [0.15, 0.2) is 60.8 Å². The van der Waals surface area contributed by atoms with Crippen molar-refractivity contribution in [3.63, 3.8) is 0 Å². The molecule has 0 bridgehead atoms. The molecule has 4 heterocycles. The van der Waals surface area contributed by atoms with Crippen molar-refractivity contribution in [2.24, 2.45) is 0 Å². The Morgan fingerprint density at radius 3 is 1.88 bits per heavy atom.